The molecule has 0 spiro atoms. The lowest BCUT2D eigenvalue weighted by atomic mass is 10.1. The lowest BCUT2D eigenvalue weighted by Crippen LogP contribution is -2.36. The number of aliphatic hydroxyl groups excluding tert-OH is 5. The second-order valence-electron chi connectivity index (χ2n) is 22.7. The summed E-state index contributed by atoms with van der Waals surface area (Å²) in [6.07, 6.45) is -21.0. The topological polar surface area (TPSA) is 997 Å². The molecule has 8 aromatic rings. The van der Waals surface area contributed by atoms with Gasteiger partial charge in [0.1, 0.15) is 80.4 Å². The quantitative estimate of drug-likeness (QED) is 0.00934. The van der Waals surface area contributed by atoms with Crippen LogP contribution in [0.1, 0.15) is 37.8 Å². The molecule has 22 atom stereocenters. The summed E-state index contributed by atoms with van der Waals surface area (Å²) in [7, 11) is -53.8. The van der Waals surface area contributed by atoms with E-state index in [1.165, 1.54) is 0 Å². The largest absolute Gasteiger partial charge is 0.490 e. The Morgan fingerprint density at radius 1 is 0.421 bits per heavy atom. The van der Waals surface area contributed by atoms with Crippen molar-refractivity contribution in [3.05, 3.63) is 46.2 Å². The molecular weight excluding hydrogens is 1750 g/mol. The second-order valence-corrected chi connectivity index (χ2v) is 36.3. The van der Waals surface area contributed by atoms with Crippen LogP contribution in [0.4, 0.5) is 35.2 Å². The van der Waals surface area contributed by atoms with Gasteiger partial charge in [-0.2, -0.15) is 35.2 Å². The van der Waals surface area contributed by atoms with Gasteiger partial charge >= 0.3 is 70.4 Å². The maximum Gasteiger partial charge on any atom is 0.490 e. The highest BCUT2D eigenvalue weighted by Crippen LogP contribution is 2.71. The molecule has 67 nitrogen and oxygen atoms in total. The Balaban J connectivity index is 0.000000344. The Kier molecular flexibility index (Phi) is 25.8. The number of hydrogen-bond donors (Lipinski definition) is 19. The SMILES string of the molecule is Nc1ncnc2c1nnn2[C@@H]1O[C@H](COP(=O)(O)OP(=O)(O)OP(=O)(O)O)[C@@H](O)[C@H]1O.[N-]=[N+]=Nc1nc2c(N)ncnc2n1[C@@H]1O[C@H](COP(=O)(O)OP(=O)(O)OP(=O)(O)OC[C@H]2O[C@@H](n3nnc4c(N)ncnc43)C[C@@H]2O)[C@@H](OP(=O)(O)OP(=O)(O)OP(=O)(O)OC[C@H]2O[C@@H](n3c(N=[N+]=[N-])nc4c(N)ncnc43)C[C@@H]2O)[C@H]1O. The Morgan fingerprint density at radius 3 is 1.25 bits per heavy atom. The third-order valence-corrected chi connectivity index (χ3v) is 27.4. The average molecular weight is 1800 g/mol. The summed E-state index contributed by atoms with van der Waals surface area (Å²) in [5, 5.41) is 75.0. The fraction of sp³-hybridized carbons (Fsp3) is 0.526. The van der Waals surface area contributed by atoms with E-state index in [1.54, 1.807) is 0 Å². The van der Waals surface area contributed by atoms with Gasteiger partial charge in [0.2, 0.25) is 11.9 Å². The van der Waals surface area contributed by atoms with Crippen molar-refractivity contribution in [2.24, 2.45) is 10.2 Å². The number of ether oxygens (including phenoxy) is 4. The molecule has 4 saturated heterocycles. The molecular formula is C38H53N28O39P9. The fourth-order valence-electron chi connectivity index (χ4n) is 10.6. The van der Waals surface area contributed by atoms with E-state index in [0.29, 0.717) is 4.57 Å². The second kappa shape index (κ2) is 33.6. The van der Waals surface area contributed by atoms with Crippen molar-refractivity contribution in [2.75, 3.05) is 49.4 Å². The highest BCUT2D eigenvalue weighted by molar-refractivity contribution is 7.68. The van der Waals surface area contributed by atoms with Gasteiger partial charge < -0.3 is 116 Å². The van der Waals surface area contributed by atoms with Crippen LogP contribution < -0.4 is 22.9 Å². The number of hydrogen-bond acceptors (Lipinski definition) is 49. The molecule has 12 rings (SSSR count). The summed E-state index contributed by atoms with van der Waals surface area (Å²) in [6.45, 7) is -4.81. The van der Waals surface area contributed by atoms with Crippen molar-refractivity contribution in [1.82, 2.24) is 89.0 Å². The van der Waals surface area contributed by atoms with Crippen molar-refractivity contribution < 1.29 is 183 Å². The highest BCUT2D eigenvalue weighted by atomic mass is 31.3. The molecule has 0 radical (unpaired) electrons. The number of phosphoric acid groups is 9. The van der Waals surface area contributed by atoms with Gasteiger partial charge in [-0.15, -0.1) is 10.2 Å². The van der Waals surface area contributed by atoms with E-state index in [-0.39, 0.29) is 81.1 Å². The van der Waals surface area contributed by atoms with E-state index in [2.05, 4.69) is 130 Å². The Bertz CT molecular complexity index is 5540. The minimum absolute atomic E-state index is 0.0199. The molecule has 624 valence electrons. The predicted octanol–water partition coefficient (Wildman–Crippen LogP) is -2.04. The number of aromatic nitrogens is 18. The number of nitrogens with zero attached hydrogens (tertiary/aromatic N) is 24. The molecule has 12 heterocycles. The van der Waals surface area contributed by atoms with Gasteiger partial charge in [0.05, 0.1) is 38.6 Å². The van der Waals surface area contributed by atoms with Gasteiger partial charge in [-0.1, -0.05) is 10.4 Å². The van der Waals surface area contributed by atoms with Crippen LogP contribution in [0.25, 0.3) is 65.5 Å². The number of azide groups is 2. The third kappa shape index (κ3) is 20.6. The third-order valence-electron chi connectivity index (χ3n) is 15.0. The number of fused-ring (bicyclic) bond motifs is 4. The number of nitrogen functional groups attached to an aromatic ring is 4. The van der Waals surface area contributed by atoms with E-state index in [4.69, 9.17) is 71.1 Å². The number of aliphatic hydroxyl groups is 5. The maximum atomic E-state index is 13.5. The van der Waals surface area contributed by atoms with E-state index < -0.39 is 194 Å². The zero-order chi connectivity index (χ0) is 83.4. The monoisotopic (exact) mass is 1800 g/mol. The summed E-state index contributed by atoms with van der Waals surface area (Å²) in [4.78, 5) is 142. The maximum absolute atomic E-state index is 13.5. The summed E-state index contributed by atoms with van der Waals surface area (Å²) >= 11 is 0. The van der Waals surface area contributed by atoms with Crippen LogP contribution in [0.15, 0.2) is 35.5 Å². The normalized spacial score (nSPS) is 28.2. The van der Waals surface area contributed by atoms with Crippen molar-refractivity contribution >= 4 is 150 Å². The van der Waals surface area contributed by atoms with Crippen LogP contribution in [0.3, 0.4) is 0 Å². The first-order valence-corrected chi connectivity index (χ1v) is 43.5. The van der Waals surface area contributed by atoms with Gasteiger partial charge in [-0.25, -0.2) is 90.9 Å². The molecule has 8 unspecified atom stereocenters. The van der Waals surface area contributed by atoms with Crippen molar-refractivity contribution in [3.8, 4) is 0 Å². The first kappa shape index (κ1) is 87.6. The highest BCUT2D eigenvalue weighted by Gasteiger charge is 2.55. The van der Waals surface area contributed by atoms with E-state index in [0.717, 1.165) is 39.2 Å². The number of phosphoric ester groups is 5. The molecule has 114 heavy (non-hydrogen) atoms. The standard InChI is InChI=1S/C29H38N22O26P6.C9H15N6O13P3/c30-21-16-24(38-6-35-21)49(28(41-16)44-46-33)14-1-9(52)11(70-14)3-67-79(57,58)76-83(65,66)77-81(61,62)73-20-13(72-27(19(20)54)50-25-17(22(31)36-7-39-25)42-29(50)45-47-34)5-69-80(59,60)75-82(63,64)74-78(55,56)68-4-12-10(53)2-15(71-12)51-26-18(43-48-51)23(32)37-8-40-26;10-7-4-8(12-2-11-7)15(14-13-4)9-6(17)5(16)3(26-9)1-25-30(21,22)28-31(23,24)27-29(18,19)20/h6-15,19-20,27,52-54H,1-5H2,(H,55,56)(H,57,58)(H,59,60)(H,61,62)(H,63,64)(H,65,66)(H2,30,35,38)(H2,31,36,39)(H2,32,37,40);2-3,5-6,9,16-17H,1H2,(H,21,22)(H,23,24)(H2,10,11,12)(H2,18,19,20)/t9-,10-,11+,12+,13+,14+,15+,19+,20+,27+;3-,5-,6-,9-/m01/s1. The Hall–Kier alpha value is -7.25. The zero-order valence-corrected chi connectivity index (χ0v) is 63.3. The van der Waals surface area contributed by atoms with Crippen LogP contribution >= 0.6 is 70.4 Å². The lowest BCUT2D eigenvalue weighted by molar-refractivity contribution is -0.0566. The molecule has 0 aromatic carbocycles. The molecule has 8 aromatic heterocycles. The number of rotatable bonds is 32. The van der Waals surface area contributed by atoms with Crippen molar-refractivity contribution in [3.63, 3.8) is 0 Å². The van der Waals surface area contributed by atoms with Crippen molar-refractivity contribution in [1.29, 1.82) is 0 Å². The molecule has 4 fully saturated rings. The van der Waals surface area contributed by atoms with Crippen LogP contribution in [-0.2, 0) is 109 Å². The summed E-state index contributed by atoms with van der Waals surface area (Å²) in [5.41, 5.74) is 40.8. The first-order valence-electron chi connectivity index (χ1n) is 30.0. The summed E-state index contributed by atoms with van der Waals surface area (Å²) in [5.74, 6) is -1.68. The Labute approximate surface area is 624 Å². The van der Waals surface area contributed by atoms with Gasteiger partial charge in [0, 0.05) is 22.7 Å². The molecule has 0 aliphatic carbocycles. The predicted molar refractivity (Wildman–Crippen MR) is 353 cm³/mol. The fourth-order valence-corrected chi connectivity index (χ4v) is 20.8. The van der Waals surface area contributed by atoms with Gasteiger partial charge in [0.25, 0.3) is 0 Å². The van der Waals surface area contributed by atoms with E-state index >= 15 is 0 Å². The number of imidazole rings is 2. The zero-order valence-electron chi connectivity index (χ0n) is 55.2. The van der Waals surface area contributed by atoms with Crippen LogP contribution in [0, 0.1) is 0 Å². The van der Waals surface area contributed by atoms with Crippen LogP contribution in [0.2, 0.25) is 0 Å². The first-order chi connectivity index (χ1) is 53.1. The molecule has 4 aliphatic rings. The minimum atomic E-state index is -6.43. The van der Waals surface area contributed by atoms with Crippen LogP contribution in [-0.4, -0.2) is 251 Å². The smallest absolute Gasteiger partial charge is 0.390 e. The number of anilines is 4. The molecule has 76 heteroatoms. The molecule has 4 aliphatic heterocycles. The average Bonchev–Trinajstić information content (AvgIpc) is 1.59. The number of nitrogens with two attached hydrogens (primary N) is 4. The molecule has 0 saturated carbocycles. The lowest BCUT2D eigenvalue weighted by Gasteiger charge is -2.25. The molecule has 0 bridgehead atoms. The van der Waals surface area contributed by atoms with Gasteiger partial charge in [-0.3, -0.25) is 31.8 Å². The van der Waals surface area contributed by atoms with E-state index in [1.807, 2.05) is 0 Å². The summed E-state index contributed by atoms with van der Waals surface area (Å²) < 4.78 is 185. The van der Waals surface area contributed by atoms with Crippen LogP contribution in [0.5, 0.6) is 0 Å². The van der Waals surface area contributed by atoms with Crippen molar-refractivity contribution in [2.45, 2.75) is 98.8 Å². The molecule has 0 amide bonds. The van der Waals surface area contributed by atoms with Gasteiger partial charge in [0.15, 0.2) is 86.6 Å². The Morgan fingerprint density at radius 2 is 0.789 bits per heavy atom. The summed E-state index contributed by atoms with van der Waals surface area (Å²) in [6, 6.07) is 0. The minimum Gasteiger partial charge on any atom is -0.390 e. The van der Waals surface area contributed by atoms with Gasteiger partial charge in [-0.05, 0) is 21.3 Å². The van der Waals surface area contributed by atoms with E-state index in [9.17, 15) is 106 Å². The molecule has 23 N–H and O–H groups in total.